The van der Waals surface area contributed by atoms with Crippen LogP contribution in [0.25, 0.3) is 0 Å². The van der Waals surface area contributed by atoms with Crippen molar-refractivity contribution >= 4 is 5.97 Å². The van der Waals surface area contributed by atoms with E-state index in [1.165, 1.54) is 7.11 Å². The number of rotatable bonds is 1. The smallest absolute Gasteiger partial charge is 0.308 e. The van der Waals surface area contributed by atoms with Crippen molar-refractivity contribution in [1.82, 2.24) is 0 Å². The van der Waals surface area contributed by atoms with Crippen molar-refractivity contribution in [1.29, 1.82) is 0 Å². The Bertz CT molecular complexity index is 249. The number of hydrogen-bond acceptors (Lipinski definition) is 2. The molecule has 86 valence electrons. The Kier molecular flexibility index (Phi) is 2.69. The zero-order valence-corrected chi connectivity index (χ0v) is 8.84. The van der Waals surface area contributed by atoms with Crippen molar-refractivity contribution in [3.05, 3.63) is 0 Å². The van der Waals surface area contributed by atoms with Crippen LogP contribution in [0.5, 0.6) is 0 Å². The molecule has 0 aromatic carbocycles. The van der Waals surface area contributed by atoms with Crippen LogP contribution in [0.3, 0.4) is 0 Å². The van der Waals surface area contributed by atoms with Crippen molar-refractivity contribution in [3.63, 3.8) is 0 Å². The molecule has 2 fully saturated rings. The van der Waals surface area contributed by atoms with Gasteiger partial charge in [0, 0.05) is 11.8 Å². The first-order valence-corrected chi connectivity index (χ1v) is 5.51. The van der Waals surface area contributed by atoms with E-state index in [9.17, 15) is 13.6 Å². The van der Waals surface area contributed by atoms with E-state index in [0.717, 1.165) is 6.42 Å². The fraction of sp³-hybridized carbons (Fsp3) is 0.909. The van der Waals surface area contributed by atoms with E-state index in [-0.39, 0.29) is 11.9 Å². The molecule has 2 nitrogen and oxygen atoms in total. The molecule has 0 aliphatic heterocycles. The van der Waals surface area contributed by atoms with Gasteiger partial charge in [-0.25, -0.2) is 8.78 Å². The van der Waals surface area contributed by atoms with E-state index in [4.69, 9.17) is 0 Å². The van der Waals surface area contributed by atoms with Gasteiger partial charge in [0.15, 0.2) is 0 Å². The summed E-state index contributed by atoms with van der Waals surface area (Å²) in [7, 11) is 1.32. The van der Waals surface area contributed by atoms with Gasteiger partial charge in [0.05, 0.1) is 13.0 Å². The van der Waals surface area contributed by atoms with Gasteiger partial charge in [0.2, 0.25) is 0 Å². The Morgan fingerprint density at radius 2 is 1.80 bits per heavy atom. The summed E-state index contributed by atoms with van der Waals surface area (Å²) in [5, 5.41) is 0. The van der Waals surface area contributed by atoms with Crippen molar-refractivity contribution in [2.45, 2.75) is 38.0 Å². The summed E-state index contributed by atoms with van der Waals surface area (Å²) < 4.78 is 32.0. The van der Waals surface area contributed by atoms with Gasteiger partial charge in [-0.2, -0.15) is 0 Å². The maximum Gasteiger partial charge on any atom is 0.308 e. The lowest BCUT2D eigenvalue weighted by Crippen LogP contribution is -2.47. The van der Waals surface area contributed by atoms with Crippen molar-refractivity contribution in [2.24, 2.45) is 17.8 Å². The molecule has 15 heavy (non-hydrogen) atoms. The number of hydrogen-bond donors (Lipinski definition) is 0. The highest BCUT2D eigenvalue weighted by atomic mass is 19.3. The Hall–Kier alpha value is -0.670. The number of ether oxygens (including phenoxy) is 1. The summed E-state index contributed by atoms with van der Waals surface area (Å²) >= 11 is 0. The van der Waals surface area contributed by atoms with E-state index in [2.05, 4.69) is 4.74 Å². The van der Waals surface area contributed by atoms with Crippen LogP contribution in [0.15, 0.2) is 0 Å². The van der Waals surface area contributed by atoms with E-state index in [1.54, 1.807) is 0 Å². The molecule has 3 atom stereocenters. The topological polar surface area (TPSA) is 26.3 Å². The molecule has 0 aromatic heterocycles. The first-order valence-electron chi connectivity index (χ1n) is 5.51. The molecule has 0 aromatic rings. The lowest BCUT2D eigenvalue weighted by atomic mass is 9.65. The third-order valence-corrected chi connectivity index (χ3v) is 3.87. The molecule has 0 N–H and O–H groups in total. The highest BCUT2D eigenvalue weighted by Gasteiger charge is 2.54. The van der Waals surface area contributed by atoms with E-state index < -0.39 is 17.8 Å². The summed E-state index contributed by atoms with van der Waals surface area (Å²) in [6.07, 6.45) is 2.58. The van der Waals surface area contributed by atoms with Crippen LogP contribution in [-0.2, 0) is 9.53 Å². The Morgan fingerprint density at radius 1 is 1.27 bits per heavy atom. The normalized spacial score (nSPS) is 38.5. The van der Waals surface area contributed by atoms with Crippen LogP contribution in [-0.4, -0.2) is 19.0 Å². The maximum atomic E-state index is 13.7. The minimum Gasteiger partial charge on any atom is -0.469 e. The summed E-state index contributed by atoms with van der Waals surface area (Å²) in [6.45, 7) is 0. The molecule has 2 rings (SSSR count). The van der Waals surface area contributed by atoms with Crippen LogP contribution in [0.2, 0.25) is 0 Å². The first-order chi connectivity index (χ1) is 7.05. The van der Waals surface area contributed by atoms with Crippen LogP contribution in [0, 0.1) is 17.8 Å². The van der Waals surface area contributed by atoms with E-state index >= 15 is 0 Å². The van der Waals surface area contributed by atoms with Crippen LogP contribution >= 0.6 is 0 Å². The molecule has 2 bridgehead atoms. The van der Waals surface area contributed by atoms with Crippen LogP contribution in [0.4, 0.5) is 8.78 Å². The zero-order chi connectivity index (χ0) is 11.1. The second-order valence-corrected chi connectivity index (χ2v) is 4.69. The molecule has 0 amide bonds. The highest BCUT2D eigenvalue weighted by Crippen LogP contribution is 2.52. The molecule has 4 heteroatoms. The van der Waals surface area contributed by atoms with Gasteiger partial charge in [-0.05, 0) is 25.7 Å². The average Bonchev–Trinajstić information content (AvgIpc) is 2.14. The number of halogens is 2. The van der Waals surface area contributed by atoms with Gasteiger partial charge in [-0.1, -0.05) is 6.42 Å². The van der Waals surface area contributed by atoms with E-state index in [0.29, 0.717) is 25.7 Å². The second-order valence-electron chi connectivity index (χ2n) is 4.69. The summed E-state index contributed by atoms with van der Waals surface area (Å²) in [4.78, 5) is 11.3. The second kappa shape index (κ2) is 3.72. The number of carbonyl (C=O) groups excluding carboxylic acids is 1. The molecule has 0 radical (unpaired) electrons. The fourth-order valence-electron chi connectivity index (χ4n) is 3.02. The van der Waals surface area contributed by atoms with Gasteiger partial charge in [0.25, 0.3) is 5.92 Å². The summed E-state index contributed by atoms with van der Waals surface area (Å²) in [5.74, 6) is -4.38. The molecule has 0 heterocycles. The lowest BCUT2D eigenvalue weighted by Gasteiger charge is -2.44. The number of fused-ring (bicyclic) bond motifs is 2. The molecule has 0 saturated heterocycles. The van der Waals surface area contributed by atoms with Gasteiger partial charge in [0.1, 0.15) is 0 Å². The average molecular weight is 218 g/mol. The van der Waals surface area contributed by atoms with Gasteiger partial charge < -0.3 is 4.74 Å². The molecule has 0 spiro atoms. The van der Waals surface area contributed by atoms with Crippen molar-refractivity contribution in [3.8, 4) is 0 Å². The largest absolute Gasteiger partial charge is 0.469 e. The SMILES string of the molecule is COC(=O)C1C[C@H]2CCC[C@@H](C1)C2(F)F. The zero-order valence-electron chi connectivity index (χ0n) is 8.84. The Balaban J connectivity index is 2.12. The predicted octanol–water partition coefficient (Wildman–Crippen LogP) is 2.62. The molecule has 2 saturated carbocycles. The van der Waals surface area contributed by atoms with Crippen LogP contribution < -0.4 is 0 Å². The minimum atomic E-state index is -2.55. The number of esters is 1. The molecule has 2 aliphatic carbocycles. The third kappa shape index (κ3) is 1.74. The minimum absolute atomic E-state index is 0.301. The summed E-state index contributed by atoms with van der Waals surface area (Å²) in [6, 6.07) is 0. The van der Waals surface area contributed by atoms with Crippen molar-refractivity contribution < 1.29 is 18.3 Å². The predicted molar refractivity (Wildman–Crippen MR) is 50.5 cm³/mol. The summed E-state index contributed by atoms with van der Waals surface area (Å²) in [5.41, 5.74) is 0. The third-order valence-electron chi connectivity index (χ3n) is 3.87. The fourth-order valence-corrected chi connectivity index (χ4v) is 3.02. The Morgan fingerprint density at radius 3 is 2.27 bits per heavy atom. The molecular formula is C11H16F2O2. The maximum absolute atomic E-state index is 13.7. The van der Waals surface area contributed by atoms with Gasteiger partial charge >= 0.3 is 5.97 Å². The Labute approximate surface area is 88.0 Å². The molecular weight excluding hydrogens is 202 g/mol. The highest BCUT2D eigenvalue weighted by molar-refractivity contribution is 5.72. The molecule has 1 unspecified atom stereocenters. The number of carbonyl (C=O) groups is 1. The van der Waals surface area contributed by atoms with E-state index in [1.807, 2.05) is 0 Å². The van der Waals surface area contributed by atoms with Crippen molar-refractivity contribution in [2.75, 3.05) is 7.11 Å². The number of alkyl halides is 2. The molecule has 2 aliphatic rings. The quantitative estimate of drug-likeness (QED) is 0.632. The standard InChI is InChI=1S/C11H16F2O2/c1-15-10(14)7-5-8-3-2-4-9(6-7)11(8,12)13/h7-9H,2-6H2,1H3/t7?,8-,9+. The monoisotopic (exact) mass is 218 g/mol. The number of methoxy groups -OCH3 is 1. The van der Waals surface area contributed by atoms with Crippen LogP contribution in [0.1, 0.15) is 32.1 Å². The van der Waals surface area contributed by atoms with Gasteiger partial charge in [-0.3, -0.25) is 4.79 Å². The lowest BCUT2D eigenvalue weighted by molar-refractivity contribution is -0.178. The van der Waals surface area contributed by atoms with Gasteiger partial charge in [-0.15, -0.1) is 0 Å². The first kappa shape index (κ1) is 10.8.